The molecule has 0 aliphatic carbocycles. The summed E-state index contributed by atoms with van der Waals surface area (Å²) in [5.41, 5.74) is 8.23. The first-order valence-corrected chi connectivity index (χ1v) is 13.4. The van der Waals surface area contributed by atoms with Crippen LogP contribution in [0.5, 0.6) is 0 Å². The Morgan fingerprint density at radius 1 is 0.359 bits per heavy atom. The van der Waals surface area contributed by atoms with E-state index >= 15 is 0 Å². The Balaban J connectivity index is 1.54. The zero-order valence-corrected chi connectivity index (χ0v) is 21.3. The normalized spacial score (nSPS) is 11.6. The zero-order chi connectivity index (χ0) is 25.8. The van der Waals surface area contributed by atoms with Crippen molar-refractivity contribution in [2.45, 2.75) is 0 Å². The fourth-order valence-electron chi connectivity index (χ4n) is 6.27. The molecule has 0 unspecified atom stereocenters. The van der Waals surface area contributed by atoms with E-state index in [0.717, 1.165) is 11.1 Å². The van der Waals surface area contributed by atoms with E-state index in [-0.39, 0.29) is 0 Å². The van der Waals surface area contributed by atoms with Gasteiger partial charge in [-0.05, 0) is 60.6 Å². The summed E-state index contributed by atoms with van der Waals surface area (Å²) in [5, 5.41) is 8.53. The van der Waals surface area contributed by atoms with Crippen LogP contribution < -0.4 is 0 Å². The van der Waals surface area contributed by atoms with Crippen molar-refractivity contribution < 1.29 is 4.42 Å². The third kappa shape index (κ3) is 3.34. The molecular formula is C38H24O. The van der Waals surface area contributed by atoms with E-state index < -0.39 is 0 Å². The Labute approximate surface area is 226 Å². The largest absolute Gasteiger partial charge is 0.464 e. The molecule has 8 rings (SSSR count). The molecule has 0 saturated carbocycles. The topological polar surface area (TPSA) is 13.1 Å². The van der Waals surface area contributed by atoms with E-state index in [2.05, 4.69) is 140 Å². The minimum atomic E-state index is 0.912. The van der Waals surface area contributed by atoms with Crippen LogP contribution in [0.3, 0.4) is 0 Å². The Morgan fingerprint density at radius 2 is 0.872 bits per heavy atom. The maximum absolute atomic E-state index is 6.20. The molecule has 182 valence electrons. The summed E-state index contributed by atoms with van der Waals surface area (Å²) in [6.45, 7) is 0. The summed E-state index contributed by atoms with van der Waals surface area (Å²) in [6, 6.07) is 49.9. The third-order valence-corrected chi connectivity index (χ3v) is 7.95. The first-order chi connectivity index (χ1) is 19.4. The molecular weight excluding hydrogens is 472 g/mol. The molecule has 0 N–H and O–H groups in total. The van der Waals surface area contributed by atoms with Gasteiger partial charge in [0.25, 0.3) is 0 Å². The van der Waals surface area contributed by atoms with Crippen LogP contribution in [0.2, 0.25) is 0 Å². The number of hydrogen-bond acceptors (Lipinski definition) is 1. The van der Waals surface area contributed by atoms with E-state index in [1.54, 1.807) is 0 Å². The van der Waals surface area contributed by atoms with Crippen LogP contribution in [0.4, 0.5) is 0 Å². The number of rotatable bonds is 3. The van der Waals surface area contributed by atoms with Crippen LogP contribution in [-0.4, -0.2) is 0 Å². The Hall–Kier alpha value is -5.14. The summed E-state index contributed by atoms with van der Waals surface area (Å²) in [4.78, 5) is 0. The second-order valence-electron chi connectivity index (χ2n) is 10.1. The van der Waals surface area contributed by atoms with Crippen molar-refractivity contribution in [3.05, 3.63) is 146 Å². The molecule has 0 aliphatic heterocycles. The lowest BCUT2D eigenvalue weighted by atomic mass is 9.83. The molecule has 0 amide bonds. The van der Waals surface area contributed by atoms with Gasteiger partial charge in [0, 0.05) is 16.5 Å². The quantitative estimate of drug-likeness (QED) is 0.222. The number of hydrogen-bond donors (Lipinski definition) is 0. The van der Waals surface area contributed by atoms with Gasteiger partial charge in [0.1, 0.15) is 5.58 Å². The standard InChI is InChI=1S/C38H24O/c1-2-12-25(13-3-1)27-15-6-7-17-29(27)36-30-18-8-10-20-32(30)37(33-21-11-9-19-31(33)36)34-24-39-35-23-22-26-14-4-5-16-28(26)38(34)35/h1-24H. The number of fused-ring (bicyclic) bond motifs is 5. The molecule has 0 fully saturated rings. The number of furan rings is 1. The number of benzene rings is 7. The van der Waals surface area contributed by atoms with E-state index in [1.807, 2.05) is 6.26 Å². The summed E-state index contributed by atoms with van der Waals surface area (Å²) < 4.78 is 6.20. The minimum Gasteiger partial charge on any atom is -0.464 e. The van der Waals surface area contributed by atoms with Gasteiger partial charge in [-0.25, -0.2) is 0 Å². The lowest BCUT2D eigenvalue weighted by Crippen LogP contribution is -1.92. The summed E-state index contributed by atoms with van der Waals surface area (Å²) >= 11 is 0. The average Bonchev–Trinajstić information content (AvgIpc) is 3.44. The van der Waals surface area contributed by atoms with E-state index in [9.17, 15) is 0 Å². The Kier molecular flexibility index (Phi) is 4.89. The van der Waals surface area contributed by atoms with Gasteiger partial charge >= 0.3 is 0 Å². The average molecular weight is 497 g/mol. The molecule has 0 atom stereocenters. The maximum atomic E-state index is 6.20. The van der Waals surface area contributed by atoms with Gasteiger partial charge in [-0.1, -0.05) is 133 Å². The smallest absolute Gasteiger partial charge is 0.135 e. The highest BCUT2D eigenvalue weighted by molar-refractivity contribution is 6.26. The SMILES string of the molecule is c1ccc(-c2ccccc2-c2c3ccccc3c(-c3coc4ccc5ccccc5c34)c3ccccc23)cc1. The first kappa shape index (κ1) is 21.9. The molecule has 8 aromatic rings. The van der Waals surface area contributed by atoms with Crippen LogP contribution >= 0.6 is 0 Å². The molecule has 0 radical (unpaired) electrons. The van der Waals surface area contributed by atoms with Crippen LogP contribution in [0, 0.1) is 0 Å². The fourth-order valence-corrected chi connectivity index (χ4v) is 6.27. The van der Waals surface area contributed by atoms with E-state index in [4.69, 9.17) is 4.42 Å². The predicted octanol–water partition coefficient (Wildman–Crippen LogP) is 10.9. The maximum Gasteiger partial charge on any atom is 0.135 e. The monoisotopic (exact) mass is 496 g/mol. The summed E-state index contributed by atoms with van der Waals surface area (Å²) in [7, 11) is 0. The molecule has 0 spiro atoms. The second-order valence-corrected chi connectivity index (χ2v) is 10.1. The van der Waals surface area contributed by atoms with Gasteiger partial charge in [0.2, 0.25) is 0 Å². The van der Waals surface area contributed by atoms with Crippen LogP contribution in [0.1, 0.15) is 0 Å². The molecule has 1 aromatic heterocycles. The fraction of sp³-hybridized carbons (Fsp3) is 0. The predicted molar refractivity (Wildman–Crippen MR) is 165 cm³/mol. The lowest BCUT2D eigenvalue weighted by molar-refractivity contribution is 0.617. The van der Waals surface area contributed by atoms with Gasteiger partial charge in [-0.2, -0.15) is 0 Å². The van der Waals surface area contributed by atoms with Gasteiger partial charge in [-0.3, -0.25) is 0 Å². The molecule has 0 saturated heterocycles. The van der Waals surface area contributed by atoms with Crippen molar-refractivity contribution in [2.24, 2.45) is 0 Å². The zero-order valence-electron chi connectivity index (χ0n) is 21.3. The molecule has 39 heavy (non-hydrogen) atoms. The molecule has 0 bridgehead atoms. The summed E-state index contributed by atoms with van der Waals surface area (Å²) in [5.74, 6) is 0. The van der Waals surface area contributed by atoms with Gasteiger partial charge in [-0.15, -0.1) is 0 Å². The molecule has 1 heterocycles. The molecule has 7 aromatic carbocycles. The summed E-state index contributed by atoms with van der Waals surface area (Å²) in [6.07, 6.45) is 1.95. The molecule has 1 heteroatoms. The van der Waals surface area contributed by atoms with Gasteiger partial charge in [0.15, 0.2) is 0 Å². The second kappa shape index (κ2) is 8.72. The highest BCUT2D eigenvalue weighted by Gasteiger charge is 2.21. The highest BCUT2D eigenvalue weighted by Crippen LogP contribution is 2.48. The van der Waals surface area contributed by atoms with Crippen LogP contribution in [0.15, 0.2) is 150 Å². The van der Waals surface area contributed by atoms with Gasteiger partial charge in [0.05, 0.1) is 6.26 Å². The first-order valence-electron chi connectivity index (χ1n) is 13.4. The van der Waals surface area contributed by atoms with Crippen molar-refractivity contribution in [3.8, 4) is 33.4 Å². The van der Waals surface area contributed by atoms with Crippen LogP contribution in [0.25, 0.3) is 76.7 Å². The third-order valence-electron chi connectivity index (χ3n) is 7.95. The minimum absolute atomic E-state index is 0.912. The van der Waals surface area contributed by atoms with Crippen molar-refractivity contribution in [3.63, 3.8) is 0 Å². The molecule has 1 nitrogen and oxygen atoms in total. The van der Waals surface area contributed by atoms with E-state index in [0.29, 0.717) is 0 Å². The van der Waals surface area contributed by atoms with Crippen LogP contribution in [-0.2, 0) is 0 Å². The van der Waals surface area contributed by atoms with Crippen molar-refractivity contribution >= 4 is 43.3 Å². The van der Waals surface area contributed by atoms with Crippen molar-refractivity contribution in [2.75, 3.05) is 0 Å². The lowest BCUT2D eigenvalue weighted by Gasteiger charge is -2.19. The van der Waals surface area contributed by atoms with Crippen molar-refractivity contribution in [1.82, 2.24) is 0 Å². The Bertz CT molecular complexity index is 2110. The highest BCUT2D eigenvalue weighted by atomic mass is 16.3. The molecule has 0 aliphatic rings. The van der Waals surface area contributed by atoms with Crippen molar-refractivity contribution in [1.29, 1.82) is 0 Å². The van der Waals surface area contributed by atoms with Gasteiger partial charge < -0.3 is 4.42 Å². The van der Waals surface area contributed by atoms with E-state index in [1.165, 1.54) is 65.5 Å². The Morgan fingerprint density at radius 3 is 1.54 bits per heavy atom.